The molecular weight excluding hydrogens is 216 g/mol. The summed E-state index contributed by atoms with van der Waals surface area (Å²) in [6.07, 6.45) is 5.09. The first-order chi connectivity index (χ1) is 8.15. The van der Waals surface area contributed by atoms with Gasteiger partial charge in [-0.25, -0.2) is 0 Å². The number of carbonyl (C=O) groups is 1. The molecule has 0 aliphatic carbocycles. The van der Waals surface area contributed by atoms with E-state index in [4.69, 9.17) is 9.47 Å². The highest BCUT2D eigenvalue weighted by molar-refractivity contribution is 5.83. The van der Waals surface area contributed by atoms with Crippen LogP contribution in [0.1, 0.15) is 52.9 Å². The van der Waals surface area contributed by atoms with Crippen molar-refractivity contribution in [3.8, 4) is 0 Å². The lowest BCUT2D eigenvalue weighted by atomic mass is 9.98. The Labute approximate surface area is 105 Å². The summed E-state index contributed by atoms with van der Waals surface area (Å²) in [5.74, 6) is 0.519. The molecular formula is C14H26O3. The molecule has 1 heterocycles. The summed E-state index contributed by atoms with van der Waals surface area (Å²) < 4.78 is 11.1. The first-order valence-electron chi connectivity index (χ1n) is 6.91. The molecule has 0 saturated carbocycles. The molecule has 0 amide bonds. The van der Waals surface area contributed by atoms with Gasteiger partial charge in [0.1, 0.15) is 6.10 Å². The van der Waals surface area contributed by atoms with Gasteiger partial charge in [0.2, 0.25) is 0 Å². The van der Waals surface area contributed by atoms with Crippen LogP contribution in [0.3, 0.4) is 0 Å². The molecule has 3 heteroatoms. The quantitative estimate of drug-likeness (QED) is 0.656. The summed E-state index contributed by atoms with van der Waals surface area (Å²) in [5, 5.41) is 0. The van der Waals surface area contributed by atoms with Crippen molar-refractivity contribution in [1.29, 1.82) is 0 Å². The van der Waals surface area contributed by atoms with Crippen LogP contribution in [0.25, 0.3) is 0 Å². The molecule has 0 aromatic rings. The number of ether oxygens (including phenoxy) is 2. The number of hydrogen-bond acceptors (Lipinski definition) is 3. The minimum atomic E-state index is -0.218. The third-order valence-electron chi connectivity index (χ3n) is 3.24. The average molecular weight is 242 g/mol. The minimum absolute atomic E-state index is 0.218. The van der Waals surface area contributed by atoms with Gasteiger partial charge < -0.3 is 9.47 Å². The maximum absolute atomic E-state index is 12.0. The molecule has 1 fully saturated rings. The van der Waals surface area contributed by atoms with Gasteiger partial charge >= 0.3 is 0 Å². The van der Waals surface area contributed by atoms with E-state index in [0.29, 0.717) is 19.1 Å². The molecule has 2 unspecified atom stereocenters. The van der Waals surface area contributed by atoms with E-state index >= 15 is 0 Å². The minimum Gasteiger partial charge on any atom is -0.378 e. The molecule has 0 spiro atoms. The maximum Gasteiger partial charge on any atom is 0.161 e. The van der Waals surface area contributed by atoms with Crippen LogP contribution in [0.15, 0.2) is 0 Å². The highest BCUT2D eigenvalue weighted by atomic mass is 16.5. The first-order valence-corrected chi connectivity index (χ1v) is 6.91. The van der Waals surface area contributed by atoms with E-state index in [9.17, 15) is 4.79 Å². The van der Waals surface area contributed by atoms with Gasteiger partial charge in [-0.3, -0.25) is 4.79 Å². The van der Waals surface area contributed by atoms with Gasteiger partial charge in [0.25, 0.3) is 0 Å². The molecule has 2 atom stereocenters. The highest BCUT2D eigenvalue weighted by Gasteiger charge is 2.22. The molecule has 0 bridgehead atoms. The van der Waals surface area contributed by atoms with E-state index in [1.54, 1.807) is 0 Å². The summed E-state index contributed by atoms with van der Waals surface area (Å²) in [4.78, 5) is 12.0. The zero-order valence-electron chi connectivity index (χ0n) is 11.4. The Balaban J connectivity index is 2.21. The van der Waals surface area contributed by atoms with Crippen molar-refractivity contribution in [2.75, 3.05) is 13.2 Å². The Morgan fingerprint density at radius 3 is 2.76 bits per heavy atom. The van der Waals surface area contributed by atoms with Crippen LogP contribution in [0, 0.1) is 5.92 Å². The Morgan fingerprint density at radius 2 is 2.24 bits per heavy atom. The lowest BCUT2D eigenvalue weighted by Gasteiger charge is -2.19. The Kier molecular flexibility index (Phi) is 6.75. The van der Waals surface area contributed by atoms with Gasteiger partial charge in [0, 0.05) is 19.6 Å². The summed E-state index contributed by atoms with van der Waals surface area (Å²) in [7, 11) is 0. The number of hydrogen-bond donors (Lipinski definition) is 0. The van der Waals surface area contributed by atoms with Gasteiger partial charge in [0.15, 0.2) is 5.78 Å². The highest BCUT2D eigenvalue weighted by Crippen LogP contribution is 2.19. The number of carbonyl (C=O) groups excluding carboxylic acids is 1. The molecule has 1 aliphatic rings. The predicted octanol–water partition coefficient (Wildman–Crippen LogP) is 2.97. The van der Waals surface area contributed by atoms with Crippen molar-refractivity contribution in [2.45, 2.75) is 65.1 Å². The predicted molar refractivity (Wildman–Crippen MR) is 68.1 cm³/mol. The molecule has 1 rings (SSSR count). The standard InChI is InChI=1S/C14H26O3/c1-4-16-14(11(2)3)13(15)9-5-7-12-8-6-10-17-12/h11-12,14H,4-10H2,1-3H3. The van der Waals surface area contributed by atoms with Crippen LogP contribution >= 0.6 is 0 Å². The lowest BCUT2D eigenvalue weighted by molar-refractivity contribution is -0.133. The third-order valence-corrected chi connectivity index (χ3v) is 3.24. The topological polar surface area (TPSA) is 35.5 Å². The molecule has 100 valence electrons. The molecule has 0 radical (unpaired) electrons. The second-order valence-electron chi connectivity index (χ2n) is 5.11. The molecule has 1 aliphatic heterocycles. The smallest absolute Gasteiger partial charge is 0.161 e. The van der Waals surface area contributed by atoms with Crippen molar-refractivity contribution >= 4 is 5.78 Å². The molecule has 0 aromatic carbocycles. The largest absolute Gasteiger partial charge is 0.378 e. The number of Topliss-reactive ketones (excluding diaryl/α,β-unsaturated/α-hetero) is 1. The van der Waals surface area contributed by atoms with Crippen LogP contribution in [0.2, 0.25) is 0 Å². The van der Waals surface area contributed by atoms with E-state index in [-0.39, 0.29) is 17.8 Å². The Morgan fingerprint density at radius 1 is 1.47 bits per heavy atom. The maximum atomic E-state index is 12.0. The van der Waals surface area contributed by atoms with Crippen LogP contribution in [-0.2, 0) is 14.3 Å². The van der Waals surface area contributed by atoms with E-state index in [2.05, 4.69) is 0 Å². The van der Waals surface area contributed by atoms with Crippen LogP contribution in [-0.4, -0.2) is 31.2 Å². The second-order valence-corrected chi connectivity index (χ2v) is 5.11. The number of ketones is 1. The number of rotatable bonds is 8. The van der Waals surface area contributed by atoms with Gasteiger partial charge in [-0.2, -0.15) is 0 Å². The van der Waals surface area contributed by atoms with Gasteiger partial charge in [-0.1, -0.05) is 13.8 Å². The summed E-state index contributed by atoms with van der Waals surface area (Å²) >= 11 is 0. The van der Waals surface area contributed by atoms with Crippen molar-refractivity contribution < 1.29 is 14.3 Å². The van der Waals surface area contributed by atoms with E-state index in [1.807, 2.05) is 20.8 Å². The van der Waals surface area contributed by atoms with Crippen LogP contribution in [0.4, 0.5) is 0 Å². The monoisotopic (exact) mass is 242 g/mol. The SMILES string of the molecule is CCOC(C(=O)CCCC1CCCO1)C(C)C. The zero-order valence-corrected chi connectivity index (χ0v) is 11.4. The Bertz CT molecular complexity index is 220. The van der Waals surface area contributed by atoms with Crippen LogP contribution < -0.4 is 0 Å². The van der Waals surface area contributed by atoms with Gasteiger partial charge in [-0.15, -0.1) is 0 Å². The molecule has 1 saturated heterocycles. The molecule has 0 aromatic heterocycles. The normalized spacial score (nSPS) is 22.0. The van der Waals surface area contributed by atoms with Crippen molar-refractivity contribution in [1.82, 2.24) is 0 Å². The van der Waals surface area contributed by atoms with E-state index < -0.39 is 0 Å². The fraction of sp³-hybridized carbons (Fsp3) is 0.929. The Hall–Kier alpha value is -0.410. The zero-order chi connectivity index (χ0) is 12.7. The van der Waals surface area contributed by atoms with Crippen molar-refractivity contribution in [2.24, 2.45) is 5.92 Å². The first kappa shape index (κ1) is 14.7. The summed E-state index contributed by atoms with van der Waals surface area (Å²) in [6, 6.07) is 0. The van der Waals surface area contributed by atoms with Gasteiger partial charge in [0.05, 0.1) is 6.10 Å². The lowest BCUT2D eigenvalue weighted by Crippen LogP contribution is -2.29. The molecule has 3 nitrogen and oxygen atoms in total. The second kappa shape index (κ2) is 7.83. The van der Waals surface area contributed by atoms with Crippen molar-refractivity contribution in [3.63, 3.8) is 0 Å². The third kappa shape index (κ3) is 5.17. The fourth-order valence-electron chi connectivity index (χ4n) is 2.35. The summed E-state index contributed by atoms with van der Waals surface area (Å²) in [6.45, 7) is 7.53. The van der Waals surface area contributed by atoms with Gasteiger partial charge in [-0.05, 0) is 38.5 Å². The summed E-state index contributed by atoms with van der Waals surface area (Å²) in [5.41, 5.74) is 0. The van der Waals surface area contributed by atoms with E-state index in [1.165, 1.54) is 6.42 Å². The molecule has 17 heavy (non-hydrogen) atoms. The van der Waals surface area contributed by atoms with E-state index in [0.717, 1.165) is 25.9 Å². The van der Waals surface area contributed by atoms with Crippen LogP contribution in [0.5, 0.6) is 0 Å². The fourth-order valence-corrected chi connectivity index (χ4v) is 2.35. The molecule has 0 N–H and O–H groups in total. The van der Waals surface area contributed by atoms with Crippen molar-refractivity contribution in [3.05, 3.63) is 0 Å². The average Bonchev–Trinajstić information content (AvgIpc) is 2.78.